The molecule has 1 N–H and O–H groups in total. The van der Waals surface area contributed by atoms with Crippen molar-refractivity contribution in [3.63, 3.8) is 0 Å². The number of nitrogens with one attached hydrogen (secondary N) is 1. The summed E-state index contributed by atoms with van der Waals surface area (Å²) >= 11 is 0. The van der Waals surface area contributed by atoms with Gasteiger partial charge in [-0.15, -0.1) is 0 Å². The van der Waals surface area contributed by atoms with Gasteiger partial charge in [0, 0.05) is 30.9 Å². The van der Waals surface area contributed by atoms with Crippen LogP contribution in [0.3, 0.4) is 0 Å². The first-order valence-corrected chi connectivity index (χ1v) is 5.81. The first kappa shape index (κ1) is 11.3. The third-order valence-corrected chi connectivity index (χ3v) is 3.35. The molecule has 0 bridgehead atoms. The van der Waals surface area contributed by atoms with E-state index in [2.05, 4.69) is 35.3 Å². The van der Waals surface area contributed by atoms with Crippen LogP contribution in [0.15, 0.2) is 18.2 Å². The fraction of sp³-hybridized carbons (Fsp3) is 0.538. The highest BCUT2D eigenvalue weighted by Crippen LogP contribution is 2.27. The number of rotatable bonds is 3. The zero-order valence-electron chi connectivity index (χ0n) is 10.3. The SMILES string of the molecule is CNC1CCN(c2ccc(C)c(OC)c2)C1. The number of ether oxygens (including phenoxy) is 1. The van der Waals surface area contributed by atoms with Crippen LogP contribution < -0.4 is 15.0 Å². The number of hydrogen-bond donors (Lipinski definition) is 1. The Labute approximate surface area is 97.4 Å². The van der Waals surface area contributed by atoms with Crippen LogP contribution in [-0.4, -0.2) is 33.3 Å². The van der Waals surface area contributed by atoms with Gasteiger partial charge in [0.25, 0.3) is 0 Å². The Hall–Kier alpha value is -1.22. The molecule has 0 aromatic heterocycles. The van der Waals surface area contributed by atoms with Crippen LogP contribution in [0, 0.1) is 6.92 Å². The Balaban J connectivity index is 2.15. The number of benzene rings is 1. The van der Waals surface area contributed by atoms with E-state index in [1.807, 2.05) is 7.05 Å². The van der Waals surface area contributed by atoms with Crippen molar-refractivity contribution in [2.24, 2.45) is 0 Å². The minimum Gasteiger partial charge on any atom is -0.496 e. The van der Waals surface area contributed by atoms with Crippen LogP contribution in [0.1, 0.15) is 12.0 Å². The van der Waals surface area contributed by atoms with Crippen molar-refractivity contribution in [3.8, 4) is 5.75 Å². The summed E-state index contributed by atoms with van der Waals surface area (Å²) in [5.74, 6) is 0.977. The highest BCUT2D eigenvalue weighted by Gasteiger charge is 2.21. The predicted octanol–water partition coefficient (Wildman–Crippen LogP) is 1.80. The molecule has 1 saturated heterocycles. The summed E-state index contributed by atoms with van der Waals surface area (Å²) in [7, 11) is 3.76. The Bertz CT molecular complexity index is 365. The van der Waals surface area contributed by atoms with E-state index in [0.717, 1.165) is 18.8 Å². The molecule has 1 heterocycles. The van der Waals surface area contributed by atoms with Gasteiger partial charge in [-0.25, -0.2) is 0 Å². The number of likely N-dealkylation sites (N-methyl/N-ethyl adjacent to an activating group) is 1. The van der Waals surface area contributed by atoms with Crippen molar-refractivity contribution < 1.29 is 4.74 Å². The summed E-state index contributed by atoms with van der Waals surface area (Å²) in [5, 5.41) is 3.33. The summed E-state index contributed by atoms with van der Waals surface area (Å²) in [6.07, 6.45) is 1.21. The zero-order chi connectivity index (χ0) is 11.5. The third-order valence-electron chi connectivity index (χ3n) is 3.35. The van der Waals surface area contributed by atoms with Gasteiger partial charge >= 0.3 is 0 Å². The molecule has 1 atom stereocenters. The molecule has 16 heavy (non-hydrogen) atoms. The fourth-order valence-corrected chi connectivity index (χ4v) is 2.24. The summed E-state index contributed by atoms with van der Waals surface area (Å²) in [6.45, 7) is 4.28. The second-order valence-corrected chi connectivity index (χ2v) is 4.37. The molecule has 0 radical (unpaired) electrons. The van der Waals surface area contributed by atoms with Crippen LogP contribution in [-0.2, 0) is 0 Å². The third kappa shape index (κ3) is 2.14. The van der Waals surface area contributed by atoms with E-state index >= 15 is 0 Å². The molecule has 3 nitrogen and oxygen atoms in total. The molecule has 1 aliphatic rings. The maximum absolute atomic E-state index is 5.36. The van der Waals surface area contributed by atoms with Gasteiger partial charge in [0.2, 0.25) is 0 Å². The summed E-state index contributed by atoms with van der Waals surface area (Å²) in [6, 6.07) is 7.05. The van der Waals surface area contributed by atoms with E-state index in [0.29, 0.717) is 6.04 Å². The van der Waals surface area contributed by atoms with E-state index in [-0.39, 0.29) is 0 Å². The van der Waals surface area contributed by atoms with Gasteiger partial charge in [0.05, 0.1) is 7.11 Å². The maximum atomic E-state index is 5.36. The lowest BCUT2D eigenvalue weighted by molar-refractivity contribution is 0.411. The minimum atomic E-state index is 0.618. The average molecular weight is 220 g/mol. The number of anilines is 1. The van der Waals surface area contributed by atoms with Gasteiger partial charge in [-0.05, 0) is 32.0 Å². The Morgan fingerprint density at radius 1 is 1.44 bits per heavy atom. The standard InChI is InChI=1S/C13H20N2O/c1-10-4-5-12(8-13(10)16-3)15-7-6-11(9-15)14-2/h4-5,8,11,14H,6-7,9H2,1-3H3. The van der Waals surface area contributed by atoms with Crippen molar-refractivity contribution in [2.75, 3.05) is 32.1 Å². The second kappa shape index (κ2) is 4.74. The number of nitrogens with zero attached hydrogens (tertiary/aromatic N) is 1. The second-order valence-electron chi connectivity index (χ2n) is 4.37. The number of aryl methyl sites for hydroxylation is 1. The monoisotopic (exact) mass is 220 g/mol. The first-order valence-electron chi connectivity index (χ1n) is 5.81. The van der Waals surface area contributed by atoms with Crippen molar-refractivity contribution in [1.82, 2.24) is 5.32 Å². The van der Waals surface area contributed by atoms with Gasteiger partial charge < -0.3 is 15.0 Å². The molecule has 0 spiro atoms. The van der Waals surface area contributed by atoms with Crippen molar-refractivity contribution in [1.29, 1.82) is 0 Å². The van der Waals surface area contributed by atoms with Crippen LogP contribution in [0.2, 0.25) is 0 Å². The van der Waals surface area contributed by atoms with Crippen LogP contribution in [0.4, 0.5) is 5.69 Å². The Morgan fingerprint density at radius 3 is 2.88 bits per heavy atom. The predicted molar refractivity (Wildman–Crippen MR) is 67.4 cm³/mol. The van der Waals surface area contributed by atoms with Gasteiger partial charge in [-0.3, -0.25) is 0 Å². The lowest BCUT2D eigenvalue weighted by Crippen LogP contribution is -2.29. The summed E-state index contributed by atoms with van der Waals surface area (Å²) in [5.41, 5.74) is 2.45. The topological polar surface area (TPSA) is 24.5 Å². The molecule has 1 aromatic rings. The van der Waals surface area contributed by atoms with E-state index in [9.17, 15) is 0 Å². The molecule has 0 amide bonds. The van der Waals surface area contributed by atoms with Gasteiger partial charge in [-0.2, -0.15) is 0 Å². The fourth-order valence-electron chi connectivity index (χ4n) is 2.24. The van der Waals surface area contributed by atoms with Crippen molar-refractivity contribution in [3.05, 3.63) is 23.8 Å². The van der Waals surface area contributed by atoms with Crippen LogP contribution in [0.25, 0.3) is 0 Å². The van der Waals surface area contributed by atoms with E-state index in [1.165, 1.54) is 17.7 Å². The number of methoxy groups -OCH3 is 1. The van der Waals surface area contributed by atoms with E-state index < -0.39 is 0 Å². The first-order chi connectivity index (χ1) is 7.74. The maximum Gasteiger partial charge on any atom is 0.123 e. The molecular formula is C13H20N2O. The largest absolute Gasteiger partial charge is 0.496 e. The van der Waals surface area contributed by atoms with Crippen molar-refractivity contribution in [2.45, 2.75) is 19.4 Å². The highest BCUT2D eigenvalue weighted by atomic mass is 16.5. The van der Waals surface area contributed by atoms with Crippen LogP contribution >= 0.6 is 0 Å². The molecule has 1 unspecified atom stereocenters. The lowest BCUT2D eigenvalue weighted by Gasteiger charge is -2.20. The normalized spacial score (nSPS) is 20.2. The van der Waals surface area contributed by atoms with Crippen LogP contribution in [0.5, 0.6) is 5.75 Å². The van der Waals surface area contributed by atoms with Gasteiger partial charge in [0.15, 0.2) is 0 Å². The van der Waals surface area contributed by atoms with Crippen molar-refractivity contribution >= 4 is 5.69 Å². The molecule has 1 aromatic carbocycles. The summed E-state index contributed by atoms with van der Waals surface area (Å²) in [4.78, 5) is 2.41. The highest BCUT2D eigenvalue weighted by molar-refractivity contribution is 5.54. The Morgan fingerprint density at radius 2 is 2.25 bits per heavy atom. The van der Waals surface area contributed by atoms with Gasteiger partial charge in [-0.1, -0.05) is 6.07 Å². The molecule has 3 heteroatoms. The molecular weight excluding hydrogens is 200 g/mol. The average Bonchev–Trinajstić information content (AvgIpc) is 2.78. The van der Waals surface area contributed by atoms with E-state index in [1.54, 1.807) is 7.11 Å². The molecule has 88 valence electrons. The molecule has 1 fully saturated rings. The van der Waals surface area contributed by atoms with Gasteiger partial charge in [0.1, 0.15) is 5.75 Å². The van der Waals surface area contributed by atoms with E-state index in [4.69, 9.17) is 4.74 Å². The number of hydrogen-bond acceptors (Lipinski definition) is 3. The minimum absolute atomic E-state index is 0.618. The lowest BCUT2D eigenvalue weighted by atomic mass is 10.2. The zero-order valence-corrected chi connectivity index (χ0v) is 10.3. The molecule has 0 saturated carbocycles. The molecule has 2 rings (SSSR count). The molecule has 0 aliphatic carbocycles. The molecule has 1 aliphatic heterocycles. The Kier molecular flexibility index (Phi) is 3.34. The smallest absolute Gasteiger partial charge is 0.123 e. The quantitative estimate of drug-likeness (QED) is 0.840. The summed E-state index contributed by atoms with van der Waals surface area (Å²) < 4.78 is 5.36.